The van der Waals surface area contributed by atoms with Gasteiger partial charge in [-0.25, -0.2) is 4.99 Å². The van der Waals surface area contributed by atoms with Gasteiger partial charge in [-0.2, -0.15) is 0 Å². The Morgan fingerprint density at radius 3 is 2.57 bits per heavy atom. The number of aliphatic imine (C=N–C) groups is 1. The molecule has 1 aliphatic heterocycles. The number of amides is 1. The van der Waals surface area contributed by atoms with Crippen LogP contribution in [0.4, 0.5) is 5.69 Å². The van der Waals surface area contributed by atoms with Crippen LogP contribution >= 0.6 is 24.0 Å². The molecule has 2 fully saturated rings. The molecule has 0 unspecified atom stereocenters. The molecule has 0 aromatic heterocycles. The van der Waals surface area contributed by atoms with E-state index in [4.69, 9.17) is 4.74 Å². The molecule has 0 bridgehead atoms. The molecule has 8 heteroatoms. The van der Waals surface area contributed by atoms with Gasteiger partial charge in [0.05, 0.1) is 7.11 Å². The zero-order valence-corrected chi connectivity index (χ0v) is 20.6. The fraction of sp³-hybridized carbons (Fsp3) is 0.636. The van der Waals surface area contributed by atoms with E-state index in [-0.39, 0.29) is 36.4 Å². The fourth-order valence-electron chi connectivity index (χ4n) is 4.08. The van der Waals surface area contributed by atoms with Crippen molar-refractivity contribution in [3.05, 3.63) is 24.3 Å². The maximum Gasteiger partial charge on any atom is 0.242 e. The average Bonchev–Trinajstić information content (AvgIpc) is 2.77. The minimum atomic E-state index is 0. The minimum absolute atomic E-state index is 0. The fourth-order valence-corrected chi connectivity index (χ4v) is 4.08. The number of piperazine rings is 1. The zero-order valence-electron chi connectivity index (χ0n) is 18.2. The van der Waals surface area contributed by atoms with E-state index in [1.807, 2.05) is 12.1 Å². The number of halogens is 1. The number of nitrogens with zero attached hydrogens (tertiary/aromatic N) is 3. The molecule has 1 aromatic carbocycles. The highest BCUT2D eigenvalue weighted by Crippen LogP contribution is 2.22. The smallest absolute Gasteiger partial charge is 0.242 e. The van der Waals surface area contributed by atoms with E-state index in [1.54, 1.807) is 7.11 Å². The van der Waals surface area contributed by atoms with Crippen LogP contribution in [-0.4, -0.2) is 69.2 Å². The summed E-state index contributed by atoms with van der Waals surface area (Å²) in [6.07, 6.45) is 5.92. The topological polar surface area (TPSA) is 69.2 Å². The third kappa shape index (κ3) is 7.21. The molecule has 0 spiro atoms. The first kappa shape index (κ1) is 24.6. The highest BCUT2D eigenvalue weighted by Gasteiger charge is 2.21. The molecular weight excluding hydrogens is 493 g/mol. The standard InChI is InChI=1S/C22H35N5O2.HI/c1-3-23-22(24-17-21(28)25-18-8-5-4-6-9-18)27-14-12-26(13-15-27)19-10-7-11-20(16-19)29-2;/h7,10-11,16,18H,3-6,8-9,12-15,17H2,1-2H3,(H,23,24)(H,25,28);1H. The summed E-state index contributed by atoms with van der Waals surface area (Å²) < 4.78 is 5.34. The lowest BCUT2D eigenvalue weighted by Gasteiger charge is -2.37. The molecule has 30 heavy (non-hydrogen) atoms. The van der Waals surface area contributed by atoms with Gasteiger partial charge in [0.25, 0.3) is 0 Å². The number of methoxy groups -OCH3 is 1. The van der Waals surface area contributed by atoms with Crippen LogP contribution in [0, 0.1) is 0 Å². The Morgan fingerprint density at radius 1 is 1.17 bits per heavy atom. The van der Waals surface area contributed by atoms with E-state index in [0.717, 1.165) is 57.3 Å². The number of guanidine groups is 1. The van der Waals surface area contributed by atoms with Gasteiger partial charge < -0.3 is 25.2 Å². The van der Waals surface area contributed by atoms with Crippen LogP contribution < -0.4 is 20.3 Å². The quantitative estimate of drug-likeness (QED) is 0.337. The van der Waals surface area contributed by atoms with Crippen molar-refractivity contribution in [2.45, 2.75) is 45.1 Å². The Hall–Kier alpha value is -1.71. The Kier molecular flexibility index (Phi) is 10.5. The molecule has 7 nitrogen and oxygen atoms in total. The summed E-state index contributed by atoms with van der Waals surface area (Å²) >= 11 is 0. The number of carbonyl (C=O) groups is 1. The molecule has 1 amide bonds. The van der Waals surface area contributed by atoms with E-state index in [0.29, 0.717) is 6.04 Å². The molecular formula is C22H36IN5O2. The molecule has 0 atom stereocenters. The summed E-state index contributed by atoms with van der Waals surface area (Å²) in [6.45, 7) is 6.59. The molecule has 0 radical (unpaired) electrons. The predicted molar refractivity (Wildman–Crippen MR) is 133 cm³/mol. The van der Waals surface area contributed by atoms with Crippen molar-refractivity contribution in [3.63, 3.8) is 0 Å². The third-order valence-corrected chi connectivity index (χ3v) is 5.68. The molecule has 2 aliphatic rings. The molecule has 1 aromatic rings. The van der Waals surface area contributed by atoms with Crippen molar-refractivity contribution in [2.24, 2.45) is 4.99 Å². The molecule has 1 heterocycles. The highest BCUT2D eigenvalue weighted by atomic mass is 127. The second kappa shape index (κ2) is 12.9. The summed E-state index contributed by atoms with van der Waals surface area (Å²) in [5, 5.41) is 6.49. The summed E-state index contributed by atoms with van der Waals surface area (Å²) in [5.41, 5.74) is 1.18. The first-order valence-corrected chi connectivity index (χ1v) is 10.9. The second-order valence-electron chi connectivity index (χ2n) is 7.75. The molecule has 2 N–H and O–H groups in total. The van der Waals surface area contributed by atoms with E-state index >= 15 is 0 Å². The lowest BCUT2D eigenvalue weighted by molar-refractivity contribution is -0.120. The van der Waals surface area contributed by atoms with Crippen LogP contribution in [0.5, 0.6) is 5.75 Å². The van der Waals surface area contributed by atoms with Crippen molar-refractivity contribution in [2.75, 3.05) is 51.3 Å². The number of hydrogen-bond acceptors (Lipinski definition) is 4. The number of nitrogens with one attached hydrogen (secondary N) is 2. The van der Waals surface area contributed by atoms with Crippen molar-refractivity contribution in [1.29, 1.82) is 0 Å². The van der Waals surface area contributed by atoms with Gasteiger partial charge in [-0.15, -0.1) is 24.0 Å². The van der Waals surface area contributed by atoms with Crippen LogP contribution in [0.1, 0.15) is 39.0 Å². The molecule has 168 valence electrons. The number of anilines is 1. The summed E-state index contributed by atoms with van der Waals surface area (Å²) in [7, 11) is 1.70. The van der Waals surface area contributed by atoms with Crippen molar-refractivity contribution < 1.29 is 9.53 Å². The Balaban J connectivity index is 0.00000320. The van der Waals surface area contributed by atoms with Crippen molar-refractivity contribution >= 4 is 41.5 Å². The van der Waals surface area contributed by atoms with Crippen LogP contribution in [0.3, 0.4) is 0 Å². The van der Waals surface area contributed by atoms with Gasteiger partial charge in [0.1, 0.15) is 12.3 Å². The number of hydrogen-bond donors (Lipinski definition) is 2. The van der Waals surface area contributed by atoms with Crippen molar-refractivity contribution in [3.8, 4) is 5.75 Å². The van der Waals surface area contributed by atoms with Crippen molar-refractivity contribution in [1.82, 2.24) is 15.5 Å². The average molecular weight is 529 g/mol. The van der Waals surface area contributed by atoms with E-state index in [1.165, 1.54) is 24.9 Å². The number of benzene rings is 1. The maximum absolute atomic E-state index is 12.3. The van der Waals surface area contributed by atoms with Gasteiger partial charge in [0, 0.05) is 50.5 Å². The summed E-state index contributed by atoms with van der Waals surface area (Å²) in [4.78, 5) is 21.5. The van der Waals surface area contributed by atoms with Gasteiger partial charge in [-0.3, -0.25) is 4.79 Å². The van der Waals surface area contributed by atoms with Gasteiger partial charge >= 0.3 is 0 Å². The van der Waals surface area contributed by atoms with E-state index < -0.39 is 0 Å². The third-order valence-electron chi connectivity index (χ3n) is 5.68. The monoisotopic (exact) mass is 529 g/mol. The highest BCUT2D eigenvalue weighted by molar-refractivity contribution is 14.0. The van der Waals surface area contributed by atoms with Crippen LogP contribution in [0.15, 0.2) is 29.3 Å². The Morgan fingerprint density at radius 2 is 1.90 bits per heavy atom. The van der Waals surface area contributed by atoms with E-state index in [2.05, 4.69) is 44.5 Å². The first-order valence-electron chi connectivity index (χ1n) is 10.9. The number of ether oxygens (including phenoxy) is 1. The van der Waals surface area contributed by atoms with E-state index in [9.17, 15) is 4.79 Å². The molecule has 1 saturated heterocycles. The van der Waals surface area contributed by atoms with Gasteiger partial charge in [-0.1, -0.05) is 25.3 Å². The van der Waals surface area contributed by atoms with Crippen LogP contribution in [-0.2, 0) is 4.79 Å². The maximum atomic E-state index is 12.3. The summed E-state index contributed by atoms with van der Waals surface area (Å²) in [6, 6.07) is 8.52. The zero-order chi connectivity index (χ0) is 20.5. The first-order chi connectivity index (χ1) is 14.2. The Bertz CT molecular complexity index is 686. The summed E-state index contributed by atoms with van der Waals surface area (Å²) in [5.74, 6) is 1.74. The van der Waals surface area contributed by atoms with Gasteiger partial charge in [0.2, 0.25) is 5.91 Å². The van der Waals surface area contributed by atoms with Crippen LogP contribution in [0.25, 0.3) is 0 Å². The van der Waals surface area contributed by atoms with Crippen LogP contribution in [0.2, 0.25) is 0 Å². The molecule has 3 rings (SSSR count). The van der Waals surface area contributed by atoms with Gasteiger partial charge in [-0.05, 0) is 31.9 Å². The largest absolute Gasteiger partial charge is 0.497 e. The molecule has 1 saturated carbocycles. The number of carbonyl (C=O) groups excluding carboxylic acids is 1. The SMILES string of the molecule is CCNC(=NCC(=O)NC1CCCCC1)N1CCN(c2cccc(OC)c2)CC1.I. The Labute approximate surface area is 197 Å². The normalized spacial score (nSPS) is 17.9. The van der Waals surface area contributed by atoms with Gasteiger partial charge in [0.15, 0.2) is 5.96 Å². The minimum Gasteiger partial charge on any atom is -0.497 e. The molecule has 1 aliphatic carbocycles. The number of rotatable bonds is 6. The predicted octanol–water partition coefficient (Wildman–Crippen LogP) is 2.85. The lowest BCUT2D eigenvalue weighted by atomic mass is 9.95. The lowest BCUT2D eigenvalue weighted by Crippen LogP contribution is -2.52. The second-order valence-corrected chi connectivity index (χ2v) is 7.75.